The van der Waals surface area contributed by atoms with E-state index in [1.807, 2.05) is 20.8 Å². The van der Waals surface area contributed by atoms with Crippen LogP contribution in [0.25, 0.3) is 0 Å². The lowest BCUT2D eigenvalue weighted by Gasteiger charge is -2.29. The Labute approximate surface area is 215 Å². The highest BCUT2D eigenvalue weighted by molar-refractivity contribution is 7.89. The van der Waals surface area contributed by atoms with Crippen LogP contribution < -0.4 is 4.72 Å². The summed E-state index contributed by atoms with van der Waals surface area (Å²) in [6.07, 6.45) is 0.367. The summed E-state index contributed by atoms with van der Waals surface area (Å²) >= 11 is 0. The molecule has 1 aromatic rings. The molecule has 0 saturated carbocycles. The summed E-state index contributed by atoms with van der Waals surface area (Å²) < 4.78 is 56.4. The number of nitrogens with one attached hydrogen (secondary N) is 1. The fraction of sp³-hybridized carbons (Fsp3) is 0.720. The van der Waals surface area contributed by atoms with Gasteiger partial charge >= 0.3 is 0 Å². The Bertz CT molecular complexity index is 830. The number of ether oxygens (including phenoxy) is 5. The second kappa shape index (κ2) is 17.0. The molecule has 0 spiro atoms. The number of aryl methyl sites for hydroxylation is 1. The summed E-state index contributed by atoms with van der Waals surface area (Å²) in [6.45, 7) is 10.5. The van der Waals surface area contributed by atoms with Crippen molar-refractivity contribution in [3.63, 3.8) is 0 Å². The molecule has 1 aliphatic heterocycles. The van der Waals surface area contributed by atoms with E-state index in [-0.39, 0.29) is 16.7 Å². The fourth-order valence-corrected chi connectivity index (χ4v) is 4.73. The van der Waals surface area contributed by atoms with Crippen LogP contribution >= 0.6 is 0 Å². The lowest BCUT2D eigenvalue weighted by molar-refractivity contribution is -0.135. The van der Waals surface area contributed by atoms with Crippen molar-refractivity contribution in [1.29, 1.82) is 0 Å². The van der Waals surface area contributed by atoms with Gasteiger partial charge in [0.05, 0.1) is 71.0 Å². The van der Waals surface area contributed by atoms with E-state index in [1.165, 1.54) is 0 Å². The second-order valence-electron chi connectivity index (χ2n) is 9.00. The molecule has 36 heavy (non-hydrogen) atoms. The molecule has 1 fully saturated rings. The van der Waals surface area contributed by atoms with Crippen LogP contribution in [0.5, 0.6) is 0 Å². The van der Waals surface area contributed by atoms with Crippen molar-refractivity contribution in [2.75, 3.05) is 79.2 Å². The van der Waals surface area contributed by atoms with Gasteiger partial charge in [-0.05, 0) is 31.4 Å². The molecule has 0 aliphatic carbocycles. The Morgan fingerprint density at radius 3 is 1.64 bits per heavy atom. The maximum absolute atomic E-state index is 13.5. The normalized spacial score (nSPS) is 19.4. The van der Waals surface area contributed by atoms with E-state index in [4.69, 9.17) is 23.7 Å². The first-order valence-electron chi connectivity index (χ1n) is 12.6. The molecule has 11 heteroatoms. The minimum atomic E-state index is -3.87. The van der Waals surface area contributed by atoms with E-state index in [2.05, 4.69) is 4.72 Å². The van der Waals surface area contributed by atoms with Crippen LogP contribution in [0.4, 0.5) is 0 Å². The highest BCUT2D eigenvalue weighted by atomic mass is 32.2. The number of nitrogens with zero attached hydrogens (tertiary/aromatic N) is 1. The van der Waals surface area contributed by atoms with Gasteiger partial charge in [-0.3, -0.25) is 4.79 Å². The van der Waals surface area contributed by atoms with Gasteiger partial charge in [0.2, 0.25) is 15.9 Å². The Balaban J connectivity index is 2.06. The largest absolute Gasteiger partial charge is 0.377 e. The average molecular weight is 531 g/mol. The van der Waals surface area contributed by atoms with E-state index < -0.39 is 16.1 Å². The third-order valence-electron chi connectivity index (χ3n) is 5.44. The molecule has 1 heterocycles. The zero-order valence-electron chi connectivity index (χ0n) is 21.8. The van der Waals surface area contributed by atoms with E-state index in [9.17, 15) is 13.2 Å². The number of carbonyl (C=O) groups is 1. The quantitative estimate of drug-likeness (QED) is 0.591. The molecule has 2 rings (SSSR count). The molecule has 1 amide bonds. The van der Waals surface area contributed by atoms with Crippen LogP contribution in [-0.2, 0) is 38.5 Å². The first kappa shape index (κ1) is 30.6. The van der Waals surface area contributed by atoms with Gasteiger partial charge in [-0.15, -0.1) is 0 Å². The number of carbonyl (C=O) groups excluding carboxylic acids is 1. The molecule has 1 atom stereocenters. The van der Waals surface area contributed by atoms with Crippen molar-refractivity contribution in [3.05, 3.63) is 29.8 Å². The highest BCUT2D eigenvalue weighted by Gasteiger charge is 2.30. The Morgan fingerprint density at radius 2 is 1.22 bits per heavy atom. The molecule has 1 aromatic carbocycles. The lowest BCUT2D eigenvalue weighted by atomic mass is 10.0. The number of benzene rings is 1. The predicted molar refractivity (Wildman–Crippen MR) is 135 cm³/mol. The smallest absolute Gasteiger partial charge is 0.241 e. The molecular weight excluding hydrogens is 488 g/mol. The summed E-state index contributed by atoms with van der Waals surface area (Å²) in [5.41, 5.74) is 0.955. The van der Waals surface area contributed by atoms with Crippen molar-refractivity contribution in [1.82, 2.24) is 9.62 Å². The third kappa shape index (κ3) is 12.1. The number of hydrogen-bond donors (Lipinski definition) is 1. The van der Waals surface area contributed by atoms with Crippen LogP contribution in [0.2, 0.25) is 0 Å². The average Bonchev–Trinajstić information content (AvgIpc) is 2.83. The number of sulfonamides is 1. The van der Waals surface area contributed by atoms with E-state index in [0.29, 0.717) is 85.6 Å². The van der Waals surface area contributed by atoms with Crippen molar-refractivity contribution in [2.24, 2.45) is 5.92 Å². The standard InChI is InChI=1S/C25H42N2O8S/c1-21(2)20-24(26-36(29,30)23-6-4-22(3)5-7-23)25(28)27-8-10-31-12-14-33-16-18-35-19-17-34-15-13-32-11-9-27/h4-7,21,24,26H,8-20H2,1-3H3/t24-/m0/s1. The molecule has 1 aliphatic rings. The second-order valence-corrected chi connectivity index (χ2v) is 10.7. The van der Waals surface area contributed by atoms with Crippen LogP contribution in [0.1, 0.15) is 25.8 Å². The first-order chi connectivity index (χ1) is 17.3. The Morgan fingerprint density at radius 1 is 0.806 bits per heavy atom. The van der Waals surface area contributed by atoms with Gasteiger partial charge in [-0.2, -0.15) is 4.72 Å². The molecule has 0 aromatic heterocycles. The van der Waals surface area contributed by atoms with Gasteiger partial charge in [0.15, 0.2) is 0 Å². The highest BCUT2D eigenvalue weighted by Crippen LogP contribution is 2.15. The Kier molecular flexibility index (Phi) is 14.5. The van der Waals surface area contributed by atoms with Gasteiger partial charge in [-0.1, -0.05) is 31.5 Å². The van der Waals surface area contributed by atoms with E-state index in [0.717, 1.165) is 5.56 Å². The molecular formula is C25H42N2O8S. The summed E-state index contributed by atoms with van der Waals surface area (Å²) in [5, 5.41) is 0. The fourth-order valence-electron chi connectivity index (χ4n) is 3.53. The van der Waals surface area contributed by atoms with Gasteiger partial charge in [0.25, 0.3) is 0 Å². The molecule has 10 nitrogen and oxygen atoms in total. The zero-order valence-corrected chi connectivity index (χ0v) is 22.6. The van der Waals surface area contributed by atoms with Crippen molar-refractivity contribution < 1.29 is 36.9 Å². The number of rotatable bonds is 6. The topological polar surface area (TPSA) is 113 Å². The van der Waals surface area contributed by atoms with Gasteiger partial charge < -0.3 is 28.6 Å². The third-order valence-corrected chi connectivity index (χ3v) is 6.93. The summed E-state index contributed by atoms with van der Waals surface area (Å²) in [6, 6.07) is 5.66. The zero-order chi connectivity index (χ0) is 26.2. The summed E-state index contributed by atoms with van der Waals surface area (Å²) in [5.74, 6) is -0.198. The monoisotopic (exact) mass is 530 g/mol. The Hall–Kier alpha value is -1.60. The van der Waals surface area contributed by atoms with Crippen molar-refractivity contribution in [2.45, 2.75) is 38.1 Å². The van der Waals surface area contributed by atoms with E-state index in [1.54, 1.807) is 29.2 Å². The molecule has 1 saturated heterocycles. The van der Waals surface area contributed by atoms with Gasteiger partial charge in [0.1, 0.15) is 6.04 Å². The van der Waals surface area contributed by atoms with Crippen LogP contribution in [0.15, 0.2) is 29.2 Å². The predicted octanol–water partition coefficient (Wildman–Crippen LogP) is 1.61. The molecule has 206 valence electrons. The number of amides is 1. The minimum absolute atomic E-state index is 0.103. The molecule has 0 radical (unpaired) electrons. The van der Waals surface area contributed by atoms with Crippen molar-refractivity contribution in [3.8, 4) is 0 Å². The maximum atomic E-state index is 13.5. The summed E-state index contributed by atoms with van der Waals surface area (Å²) in [4.78, 5) is 15.3. The minimum Gasteiger partial charge on any atom is -0.377 e. The van der Waals surface area contributed by atoms with Gasteiger partial charge in [-0.25, -0.2) is 8.42 Å². The van der Waals surface area contributed by atoms with E-state index >= 15 is 0 Å². The maximum Gasteiger partial charge on any atom is 0.241 e. The number of hydrogen-bond acceptors (Lipinski definition) is 8. The molecule has 0 bridgehead atoms. The van der Waals surface area contributed by atoms with Gasteiger partial charge in [0, 0.05) is 13.1 Å². The summed E-state index contributed by atoms with van der Waals surface area (Å²) in [7, 11) is -3.87. The van der Waals surface area contributed by atoms with Crippen LogP contribution in [0.3, 0.4) is 0 Å². The van der Waals surface area contributed by atoms with Crippen LogP contribution in [0, 0.1) is 12.8 Å². The SMILES string of the molecule is Cc1ccc(S(=O)(=O)N[C@@H](CC(C)C)C(=O)N2CCOCCOCCOCCOCCOCC2)cc1. The molecule has 1 N–H and O–H groups in total. The molecule has 0 unspecified atom stereocenters. The van der Waals surface area contributed by atoms with Crippen LogP contribution in [-0.4, -0.2) is 104 Å². The lowest BCUT2D eigenvalue weighted by Crippen LogP contribution is -2.50. The first-order valence-corrected chi connectivity index (χ1v) is 14.0. The van der Waals surface area contributed by atoms with Crippen molar-refractivity contribution >= 4 is 15.9 Å².